The third-order valence-electron chi connectivity index (χ3n) is 2.90. The van der Waals surface area contributed by atoms with Crippen LogP contribution in [0.1, 0.15) is 18.9 Å². The average molecular weight is 233 g/mol. The van der Waals surface area contributed by atoms with Gasteiger partial charge in [0.15, 0.2) is 11.5 Å². The zero-order valence-electron chi connectivity index (χ0n) is 10.1. The van der Waals surface area contributed by atoms with E-state index in [1.54, 1.807) is 6.07 Å². The van der Waals surface area contributed by atoms with Crippen LogP contribution >= 0.6 is 0 Å². The summed E-state index contributed by atoms with van der Waals surface area (Å²) in [6, 6.07) is 5.98. The highest BCUT2D eigenvalue weighted by Crippen LogP contribution is 2.37. The van der Waals surface area contributed by atoms with Crippen molar-refractivity contribution >= 4 is 7.85 Å². The molecule has 1 aliphatic rings. The Hall–Kier alpha value is -1.20. The maximum Gasteiger partial charge on any atom is 0.302 e. The van der Waals surface area contributed by atoms with Crippen molar-refractivity contribution in [2.45, 2.75) is 31.7 Å². The Kier molecular flexibility index (Phi) is 3.31. The van der Waals surface area contributed by atoms with Gasteiger partial charge in [-0.05, 0) is 37.6 Å². The van der Waals surface area contributed by atoms with Crippen LogP contribution in [0.5, 0.6) is 11.5 Å². The van der Waals surface area contributed by atoms with Crippen molar-refractivity contribution in [1.29, 1.82) is 0 Å². The molecule has 0 saturated heterocycles. The predicted octanol–water partition coefficient (Wildman–Crippen LogP) is 0.770. The second kappa shape index (κ2) is 4.59. The molecule has 1 heterocycles. The summed E-state index contributed by atoms with van der Waals surface area (Å²) in [6.45, 7) is 2.13. The number of ether oxygens (including phenoxy) is 2. The van der Waals surface area contributed by atoms with E-state index in [1.165, 1.54) is 0 Å². The lowest BCUT2D eigenvalue weighted by atomic mass is 10.0. The van der Waals surface area contributed by atoms with Crippen molar-refractivity contribution in [3.05, 3.63) is 23.8 Å². The van der Waals surface area contributed by atoms with Crippen LogP contribution in [0.4, 0.5) is 0 Å². The van der Waals surface area contributed by atoms with E-state index < -0.39 is 5.87 Å². The Morgan fingerprint density at radius 1 is 1.41 bits per heavy atom. The summed E-state index contributed by atoms with van der Waals surface area (Å²) in [4.78, 5) is 0. The smallest absolute Gasteiger partial charge is 0.302 e. The maximum absolute atomic E-state index is 9.40. The van der Waals surface area contributed by atoms with Gasteiger partial charge in [-0.3, -0.25) is 0 Å². The molecule has 0 fully saturated rings. The Balaban J connectivity index is 2.13. The number of aliphatic hydroxyl groups is 1. The minimum atomic E-state index is -2.03. The largest absolute Gasteiger partial charge is 0.435 e. The van der Waals surface area contributed by atoms with Crippen molar-refractivity contribution in [3.63, 3.8) is 0 Å². The van der Waals surface area contributed by atoms with E-state index in [2.05, 4.69) is 12.2 Å². The highest BCUT2D eigenvalue weighted by Gasteiger charge is 2.33. The van der Waals surface area contributed by atoms with Gasteiger partial charge in [0.1, 0.15) is 0 Å². The Bertz CT molecular complexity index is 405. The predicted molar refractivity (Wildman–Crippen MR) is 65.2 cm³/mol. The molecule has 0 aliphatic carbocycles. The minimum Gasteiger partial charge on any atom is -0.435 e. The molecule has 1 aromatic carbocycles. The van der Waals surface area contributed by atoms with Gasteiger partial charge in [0, 0.05) is 6.04 Å². The number of hydrogen-bond acceptors (Lipinski definition) is 4. The van der Waals surface area contributed by atoms with Gasteiger partial charge in [-0.2, -0.15) is 0 Å². The van der Waals surface area contributed by atoms with Gasteiger partial charge < -0.3 is 19.9 Å². The first-order valence-corrected chi connectivity index (χ1v) is 5.73. The quantitative estimate of drug-likeness (QED) is 0.754. The number of fused-ring (bicyclic) bond motifs is 1. The van der Waals surface area contributed by atoms with E-state index in [9.17, 15) is 5.11 Å². The van der Waals surface area contributed by atoms with E-state index >= 15 is 0 Å². The zero-order valence-corrected chi connectivity index (χ0v) is 10.1. The molecule has 0 amide bonds. The van der Waals surface area contributed by atoms with E-state index in [4.69, 9.17) is 17.3 Å². The third-order valence-corrected chi connectivity index (χ3v) is 2.90. The second-order valence-corrected chi connectivity index (χ2v) is 4.21. The van der Waals surface area contributed by atoms with Crippen LogP contribution < -0.4 is 14.8 Å². The van der Waals surface area contributed by atoms with Crippen LogP contribution in [0.15, 0.2) is 18.2 Å². The molecule has 0 bridgehead atoms. The van der Waals surface area contributed by atoms with Gasteiger partial charge >= 0.3 is 5.87 Å². The molecule has 5 heteroatoms. The molecular formula is C12H16BNO3. The van der Waals surface area contributed by atoms with Crippen molar-refractivity contribution < 1.29 is 14.6 Å². The SMILES string of the molecule is [B]C1(O)Oc2ccc(CC(CC)NC)cc2O1. The van der Waals surface area contributed by atoms with Gasteiger partial charge in [0.2, 0.25) is 7.85 Å². The molecule has 90 valence electrons. The molecule has 1 aliphatic heterocycles. The van der Waals surface area contributed by atoms with Crippen molar-refractivity contribution in [3.8, 4) is 11.5 Å². The number of hydrogen-bond donors (Lipinski definition) is 2. The number of nitrogens with one attached hydrogen (secondary N) is 1. The topological polar surface area (TPSA) is 50.7 Å². The molecule has 0 aromatic heterocycles. The minimum absolute atomic E-state index is 0.423. The van der Waals surface area contributed by atoms with Gasteiger partial charge in [0.25, 0.3) is 0 Å². The number of rotatable bonds is 4. The Morgan fingerprint density at radius 3 is 2.76 bits per heavy atom. The standard InChI is InChI=1S/C12H16BNO3/c1-3-9(14-2)6-8-4-5-10-11(7-8)17-12(13,15)16-10/h4-5,7,9,14-15H,3,6H2,1-2H3. The summed E-state index contributed by atoms with van der Waals surface area (Å²) in [6.07, 6.45) is 1.94. The highest BCUT2D eigenvalue weighted by atomic mass is 16.8. The first-order valence-electron chi connectivity index (χ1n) is 5.73. The zero-order chi connectivity index (χ0) is 12.5. The molecule has 17 heavy (non-hydrogen) atoms. The molecule has 2 unspecified atom stereocenters. The van der Waals surface area contributed by atoms with Gasteiger partial charge in [-0.15, -0.1) is 0 Å². The number of likely N-dealkylation sites (N-methyl/N-ethyl adjacent to an activating group) is 1. The molecule has 0 saturated carbocycles. The van der Waals surface area contributed by atoms with Crippen LogP contribution in [-0.4, -0.2) is 31.9 Å². The molecule has 4 nitrogen and oxygen atoms in total. The van der Waals surface area contributed by atoms with E-state index in [-0.39, 0.29) is 0 Å². The fourth-order valence-electron chi connectivity index (χ4n) is 1.91. The molecule has 2 radical (unpaired) electrons. The fourth-order valence-corrected chi connectivity index (χ4v) is 1.91. The van der Waals surface area contributed by atoms with Crippen LogP contribution in [0.25, 0.3) is 0 Å². The monoisotopic (exact) mass is 233 g/mol. The first kappa shape index (κ1) is 12.3. The van der Waals surface area contributed by atoms with E-state index in [0.717, 1.165) is 18.4 Å². The van der Waals surface area contributed by atoms with Crippen molar-refractivity contribution in [1.82, 2.24) is 5.32 Å². The molecule has 1 aromatic rings. The van der Waals surface area contributed by atoms with E-state index in [1.807, 2.05) is 19.2 Å². The average Bonchev–Trinajstić information content (AvgIpc) is 2.58. The fraction of sp³-hybridized carbons (Fsp3) is 0.500. The van der Waals surface area contributed by atoms with Gasteiger partial charge in [0.05, 0.1) is 0 Å². The van der Waals surface area contributed by atoms with Crippen LogP contribution in [0, 0.1) is 0 Å². The lowest BCUT2D eigenvalue weighted by Gasteiger charge is -2.15. The molecular weight excluding hydrogens is 217 g/mol. The van der Waals surface area contributed by atoms with Crippen LogP contribution in [0.3, 0.4) is 0 Å². The summed E-state index contributed by atoms with van der Waals surface area (Å²) >= 11 is 0. The lowest BCUT2D eigenvalue weighted by molar-refractivity contribution is -0.178. The summed E-state index contributed by atoms with van der Waals surface area (Å²) in [5.41, 5.74) is 1.12. The van der Waals surface area contributed by atoms with Crippen molar-refractivity contribution in [2.75, 3.05) is 7.05 Å². The Morgan fingerprint density at radius 2 is 2.12 bits per heavy atom. The molecule has 2 rings (SSSR count). The lowest BCUT2D eigenvalue weighted by Crippen LogP contribution is -2.38. The van der Waals surface area contributed by atoms with Crippen molar-refractivity contribution in [2.24, 2.45) is 0 Å². The maximum atomic E-state index is 9.40. The molecule has 0 spiro atoms. The van der Waals surface area contributed by atoms with E-state index in [0.29, 0.717) is 17.5 Å². The van der Waals surface area contributed by atoms with Crippen LogP contribution in [0.2, 0.25) is 0 Å². The Labute approximate surface area is 102 Å². The van der Waals surface area contributed by atoms with Gasteiger partial charge in [-0.1, -0.05) is 13.0 Å². The second-order valence-electron chi connectivity index (χ2n) is 4.21. The van der Waals surface area contributed by atoms with Crippen LogP contribution in [-0.2, 0) is 6.42 Å². The van der Waals surface area contributed by atoms with Gasteiger partial charge in [-0.25, -0.2) is 0 Å². The third kappa shape index (κ3) is 2.73. The summed E-state index contributed by atoms with van der Waals surface area (Å²) < 4.78 is 10.1. The normalized spacial score (nSPS) is 23.7. The first-order chi connectivity index (χ1) is 8.04. The number of benzene rings is 1. The summed E-state index contributed by atoms with van der Waals surface area (Å²) in [7, 11) is 7.27. The molecule has 2 N–H and O–H groups in total. The molecule has 2 atom stereocenters. The summed E-state index contributed by atoms with van der Waals surface area (Å²) in [5, 5.41) is 12.6. The highest BCUT2D eigenvalue weighted by molar-refractivity contribution is 6.12. The summed E-state index contributed by atoms with van der Waals surface area (Å²) in [5.74, 6) is -1.08.